The molecule has 1 aromatic heterocycles. The number of nitrogens with one attached hydrogen (secondary N) is 1. The van der Waals surface area contributed by atoms with Crippen LogP contribution < -0.4 is 5.32 Å². The first-order valence-corrected chi connectivity index (χ1v) is 7.76. The molecular weight excluding hydrogens is 305 g/mol. The maximum atomic E-state index is 13.7. The van der Waals surface area contributed by atoms with Crippen molar-refractivity contribution in [2.24, 2.45) is 0 Å². The van der Waals surface area contributed by atoms with E-state index in [0.717, 1.165) is 23.5 Å². The molecule has 0 saturated carbocycles. The van der Waals surface area contributed by atoms with E-state index in [1.165, 1.54) is 24.5 Å². The number of nitrogens with zero attached hydrogens (tertiary/aromatic N) is 2. The van der Waals surface area contributed by atoms with Crippen molar-refractivity contribution in [1.82, 2.24) is 9.88 Å². The second kappa shape index (κ2) is 6.41. The number of halogens is 1. The monoisotopic (exact) mass is 321 g/mol. The van der Waals surface area contributed by atoms with Crippen LogP contribution >= 0.6 is 11.3 Å². The normalized spacial score (nSPS) is 14.5. The summed E-state index contributed by atoms with van der Waals surface area (Å²) in [4.78, 5) is 18.9. The molecule has 2 aromatic rings. The molecule has 0 bridgehead atoms. The molecule has 1 N–H and O–H groups in total. The molecule has 0 saturated heterocycles. The van der Waals surface area contributed by atoms with E-state index >= 15 is 0 Å². The molecule has 0 atom stereocenters. The van der Waals surface area contributed by atoms with Crippen LogP contribution in [0.5, 0.6) is 0 Å². The summed E-state index contributed by atoms with van der Waals surface area (Å²) in [6.07, 6.45) is 0.276. The summed E-state index contributed by atoms with van der Waals surface area (Å²) in [6, 6.07) is 6.83. The van der Waals surface area contributed by atoms with Gasteiger partial charge < -0.3 is 4.74 Å². The quantitative estimate of drug-likeness (QED) is 0.944. The van der Waals surface area contributed by atoms with Crippen LogP contribution in [0.3, 0.4) is 0 Å². The van der Waals surface area contributed by atoms with Crippen molar-refractivity contribution >= 4 is 22.6 Å². The van der Waals surface area contributed by atoms with Gasteiger partial charge in [-0.05, 0) is 6.07 Å². The van der Waals surface area contributed by atoms with E-state index in [0.29, 0.717) is 23.8 Å². The Hall–Kier alpha value is -1.99. The number of anilines is 1. The largest absolute Gasteiger partial charge is 0.453 e. The molecule has 2 heterocycles. The zero-order valence-corrected chi connectivity index (χ0v) is 13.0. The summed E-state index contributed by atoms with van der Waals surface area (Å²) >= 11 is 1.44. The van der Waals surface area contributed by atoms with E-state index in [9.17, 15) is 9.18 Å². The smallest absolute Gasteiger partial charge is 0.413 e. The van der Waals surface area contributed by atoms with Gasteiger partial charge in [-0.1, -0.05) is 29.5 Å². The molecule has 1 aromatic carbocycles. The number of amides is 1. The van der Waals surface area contributed by atoms with Crippen molar-refractivity contribution < 1.29 is 13.9 Å². The predicted octanol–water partition coefficient (Wildman–Crippen LogP) is 3.02. The highest BCUT2D eigenvalue weighted by molar-refractivity contribution is 7.15. The van der Waals surface area contributed by atoms with Gasteiger partial charge in [0.05, 0.1) is 12.8 Å². The lowest BCUT2D eigenvalue weighted by Gasteiger charge is -2.25. The Morgan fingerprint density at radius 3 is 3.09 bits per heavy atom. The van der Waals surface area contributed by atoms with Gasteiger partial charge in [0.1, 0.15) is 5.82 Å². The average Bonchev–Trinajstić information content (AvgIpc) is 2.91. The molecule has 7 heteroatoms. The average molecular weight is 321 g/mol. The number of fused-ring (bicyclic) bond motifs is 1. The van der Waals surface area contributed by atoms with Crippen LogP contribution in [-0.2, 0) is 24.2 Å². The van der Waals surface area contributed by atoms with Crippen molar-refractivity contribution in [3.8, 4) is 0 Å². The van der Waals surface area contributed by atoms with Gasteiger partial charge in [0.15, 0.2) is 5.13 Å². The van der Waals surface area contributed by atoms with Crippen molar-refractivity contribution in [3.05, 3.63) is 46.2 Å². The highest BCUT2D eigenvalue weighted by Crippen LogP contribution is 2.29. The van der Waals surface area contributed by atoms with Crippen LogP contribution in [0.2, 0.25) is 0 Å². The number of hydrogen-bond acceptors (Lipinski definition) is 5. The van der Waals surface area contributed by atoms with E-state index < -0.39 is 6.09 Å². The molecule has 1 amide bonds. The minimum absolute atomic E-state index is 0.175. The fourth-order valence-electron chi connectivity index (χ4n) is 2.44. The molecule has 1 aliphatic rings. The number of aromatic nitrogens is 1. The third-order valence-corrected chi connectivity index (χ3v) is 4.55. The van der Waals surface area contributed by atoms with Gasteiger partial charge in [0, 0.05) is 36.5 Å². The predicted molar refractivity (Wildman–Crippen MR) is 82.4 cm³/mol. The van der Waals surface area contributed by atoms with Crippen LogP contribution in [0.4, 0.5) is 14.3 Å². The SMILES string of the molecule is COC(=O)Nc1nc2c(s1)CN(Cc1ccccc1F)CC2. The summed E-state index contributed by atoms with van der Waals surface area (Å²) in [5.41, 5.74) is 1.70. The molecule has 0 spiro atoms. The highest BCUT2D eigenvalue weighted by Gasteiger charge is 2.22. The Morgan fingerprint density at radius 2 is 2.32 bits per heavy atom. The molecule has 0 radical (unpaired) electrons. The van der Waals surface area contributed by atoms with Crippen LogP contribution in [0, 0.1) is 5.82 Å². The van der Waals surface area contributed by atoms with E-state index in [2.05, 4.69) is 19.9 Å². The molecule has 1 aliphatic heterocycles. The number of rotatable bonds is 3. The lowest BCUT2D eigenvalue weighted by atomic mass is 10.1. The van der Waals surface area contributed by atoms with Gasteiger partial charge in [-0.15, -0.1) is 0 Å². The summed E-state index contributed by atoms with van der Waals surface area (Å²) in [5.74, 6) is -0.175. The van der Waals surface area contributed by atoms with Crippen molar-refractivity contribution in [2.45, 2.75) is 19.5 Å². The van der Waals surface area contributed by atoms with Gasteiger partial charge in [0.25, 0.3) is 0 Å². The number of benzene rings is 1. The second-order valence-electron chi connectivity index (χ2n) is 5.06. The Bertz CT molecular complexity index is 689. The van der Waals surface area contributed by atoms with Crippen LogP contribution in [-0.4, -0.2) is 29.6 Å². The summed E-state index contributed by atoms with van der Waals surface area (Å²) in [5, 5.41) is 3.14. The minimum atomic E-state index is -0.519. The number of carbonyl (C=O) groups is 1. The zero-order valence-electron chi connectivity index (χ0n) is 12.1. The first-order valence-electron chi connectivity index (χ1n) is 6.95. The topological polar surface area (TPSA) is 54.5 Å². The number of hydrogen-bond donors (Lipinski definition) is 1. The van der Waals surface area contributed by atoms with E-state index in [1.54, 1.807) is 6.07 Å². The van der Waals surface area contributed by atoms with Crippen molar-refractivity contribution in [1.29, 1.82) is 0 Å². The fraction of sp³-hybridized carbons (Fsp3) is 0.333. The van der Waals surface area contributed by atoms with E-state index in [4.69, 9.17) is 0 Å². The van der Waals surface area contributed by atoms with Gasteiger partial charge in [-0.2, -0.15) is 0 Å². The van der Waals surface area contributed by atoms with E-state index in [1.807, 2.05) is 12.1 Å². The first-order chi connectivity index (χ1) is 10.7. The molecular formula is C15H16FN3O2S. The summed E-state index contributed by atoms with van der Waals surface area (Å²) < 4.78 is 18.3. The number of carbonyl (C=O) groups excluding carboxylic acids is 1. The number of methoxy groups -OCH3 is 1. The summed E-state index contributed by atoms with van der Waals surface area (Å²) in [6.45, 7) is 2.11. The standard InChI is InChI=1S/C15H16FN3O2S/c1-21-15(20)18-14-17-12-6-7-19(9-13(12)22-14)8-10-4-2-3-5-11(10)16/h2-5H,6-9H2,1H3,(H,17,18,20). The first kappa shape index (κ1) is 14.9. The van der Waals surface area contributed by atoms with Crippen LogP contribution in [0.15, 0.2) is 24.3 Å². The fourth-order valence-corrected chi connectivity index (χ4v) is 3.48. The van der Waals surface area contributed by atoms with E-state index in [-0.39, 0.29) is 5.82 Å². The van der Waals surface area contributed by atoms with Gasteiger partial charge in [-0.25, -0.2) is 14.2 Å². The highest BCUT2D eigenvalue weighted by atomic mass is 32.1. The number of ether oxygens (including phenoxy) is 1. The molecule has 0 aliphatic carbocycles. The van der Waals surface area contributed by atoms with Crippen LogP contribution in [0.25, 0.3) is 0 Å². The Balaban J connectivity index is 1.68. The third kappa shape index (κ3) is 3.26. The lowest BCUT2D eigenvalue weighted by Crippen LogP contribution is -2.29. The molecule has 3 rings (SSSR count). The number of thiazole rings is 1. The lowest BCUT2D eigenvalue weighted by molar-refractivity contribution is 0.187. The maximum absolute atomic E-state index is 13.7. The van der Waals surface area contributed by atoms with Crippen molar-refractivity contribution in [3.63, 3.8) is 0 Å². The molecule has 0 unspecified atom stereocenters. The Labute approximate surface area is 131 Å². The van der Waals surface area contributed by atoms with Gasteiger partial charge >= 0.3 is 6.09 Å². The molecule has 22 heavy (non-hydrogen) atoms. The second-order valence-corrected chi connectivity index (χ2v) is 6.14. The van der Waals surface area contributed by atoms with Gasteiger partial charge in [-0.3, -0.25) is 10.2 Å². The zero-order chi connectivity index (χ0) is 15.5. The van der Waals surface area contributed by atoms with Crippen molar-refractivity contribution in [2.75, 3.05) is 19.0 Å². The molecule has 5 nitrogen and oxygen atoms in total. The molecule has 116 valence electrons. The van der Waals surface area contributed by atoms with Gasteiger partial charge in [0.2, 0.25) is 0 Å². The Kier molecular flexibility index (Phi) is 4.35. The minimum Gasteiger partial charge on any atom is -0.453 e. The maximum Gasteiger partial charge on any atom is 0.413 e. The Morgan fingerprint density at radius 1 is 1.50 bits per heavy atom. The summed E-state index contributed by atoms with van der Waals surface area (Å²) in [7, 11) is 1.32. The third-order valence-electron chi connectivity index (χ3n) is 3.56. The van der Waals surface area contributed by atoms with Crippen LogP contribution in [0.1, 0.15) is 16.1 Å². The molecule has 0 fully saturated rings.